The molecule has 1 unspecified atom stereocenters. The lowest BCUT2D eigenvalue weighted by molar-refractivity contribution is 0.0727. The average molecular weight is 215 g/mol. The number of nitrogens with zero attached hydrogens (tertiary/aromatic N) is 2. The van der Waals surface area contributed by atoms with Gasteiger partial charge in [-0.1, -0.05) is 11.3 Å². The number of aliphatic hydroxyl groups is 1. The molecule has 0 amide bonds. The van der Waals surface area contributed by atoms with Crippen LogP contribution in [0.3, 0.4) is 0 Å². The first-order valence-corrected chi connectivity index (χ1v) is 5.29. The average Bonchev–Trinajstić information content (AvgIpc) is 2.65. The molecule has 14 heavy (non-hydrogen) atoms. The third-order valence-corrected chi connectivity index (χ3v) is 3.06. The van der Waals surface area contributed by atoms with Crippen molar-refractivity contribution in [3.05, 3.63) is 6.20 Å². The molecular weight excluding hydrogens is 202 g/mol. The number of morpholine rings is 1. The molecule has 1 aliphatic heterocycles. The summed E-state index contributed by atoms with van der Waals surface area (Å²) in [4.78, 5) is 6.24. The largest absolute Gasteiger partial charge is 0.394 e. The highest BCUT2D eigenvalue weighted by Crippen LogP contribution is 2.26. The predicted molar refractivity (Wildman–Crippen MR) is 55.6 cm³/mol. The summed E-state index contributed by atoms with van der Waals surface area (Å²) in [6.07, 6.45) is 1.64. The van der Waals surface area contributed by atoms with Crippen molar-refractivity contribution in [1.29, 1.82) is 0 Å². The monoisotopic (exact) mass is 215 g/mol. The Morgan fingerprint density at radius 1 is 1.79 bits per heavy atom. The van der Waals surface area contributed by atoms with E-state index in [1.807, 2.05) is 4.90 Å². The van der Waals surface area contributed by atoms with Gasteiger partial charge >= 0.3 is 0 Å². The number of hydrogen-bond acceptors (Lipinski definition) is 6. The first-order valence-electron chi connectivity index (χ1n) is 4.48. The van der Waals surface area contributed by atoms with Crippen LogP contribution in [0.15, 0.2) is 6.20 Å². The van der Waals surface area contributed by atoms with Crippen LogP contribution < -0.4 is 10.6 Å². The normalized spacial score (nSPS) is 22.6. The van der Waals surface area contributed by atoms with E-state index in [-0.39, 0.29) is 12.6 Å². The topological polar surface area (TPSA) is 71.6 Å². The lowest BCUT2D eigenvalue weighted by Crippen LogP contribution is -2.47. The van der Waals surface area contributed by atoms with Crippen molar-refractivity contribution < 1.29 is 9.84 Å². The molecule has 6 heteroatoms. The smallest absolute Gasteiger partial charge is 0.187 e. The second-order valence-corrected chi connectivity index (χ2v) is 4.19. The van der Waals surface area contributed by atoms with E-state index >= 15 is 0 Å². The Balaban J connectivity index is 2.14. The Labute approximate surface area is 86.1 Å². The van der Waals surface area contributed by atoms with Crippen molar-refractivity contribution in [1.82, 2.24) is 4.98 Å². The fourth-order valence-electron chi connectivity index (χ4n) is 1.47. The molecule has 1 aromatic heterocycles. The molecule has 5 nitrogen and oxygen atoms in total. The van der Waals surface area contributed by atoms with Crippen molar-refractivity contribution in [3.63, 3.8) is 0 Å². The van der Waals surface area contributed by atoms with E-state index in [9.17, 15) is 0 Å². The fourth-order valence-corrected chi connectivity index (χ4v) is 2.25. The summed E-state index contributed by atoms with van der Waals surface area (Å²) >= 11 is 1.44. The van der Waals surface area contributed by atoms with Crippen LogP contribution in [0.2, 0.25) is 0 Å². The summed E-state index contributed by atoms with van der Waals surface area (Å²) in [6, 6.07) is 0.00861. The SMILES string of the molecule is Nc1cnc(N2CCOCC2CO)s1. The minimum absolute atomic E-state index is 0.00861. The summed E-state index contributed by atoms with van der Waals surface area (Å²) in [5.41, 5.74) is 5.61. The van der Waals surface area contributed by atoms with E-state index in [0.29, 0.717) is 18.2 Å². The zero-order valence-corrected chi connectivity index (χ0v) is 8.54. The van der Waals surface area contributed by atoms with Crippen molar-refractivity contribution in [2.75, 3.05) is 37.0 Å². The van der Waals surface area contributed by atoms with Crippen LogP contribution in [0.4, 0.5) is 10.1 Å². The molecule has 78 valence electrons. The van der Waals surface area contributed by atoms with Crippen LogP contribution in [-0.4, -0.2) is 42.5 Å². The third-order valence-electron chi connectivity index (χ3n) is 2.20. The van der Waals surface area contributed by atoms with Gasteiger partial charge in [-0.3, -0.25) is 0 Å². The van der Waals surface area contributed by atoms with Gasteiger partial charge in [-0.15, -0.1) is 0 Å². The molecule has 1 aromatic rings. The standard InChI is InChI=1S/C8H13N3O2S/c9-7-3-10-8(14-7)11-1-2-13-5-6(11)4-12/h3,6,12H,1-2,4-5,9H2. The first kappa shape index (κ1) is 9.70. The van der Waals surface area contributed by atoms with Crippen molar-refractivity contribution >= 4 is 21.5 Å². The Morgan fingerprint density at radius 3 is 3.29 bits per heavy atom. The highest BCUT2D eigenvalue weighted by molar-refractivity contribution is 7.19. The quantitative estimate of drug-likeness (QED) is 0.722. The molecule has 0 aliphatic carbocycles. The summed E-state index contributed by atoms with van der Waals surface area (Å²) in [7, 11) is 0. The Hall–Kier alpha value is -0.850. The highest BCUT2D eigenvalue weighted by atomic mass is 32.1. The second kappa shape index (κ2) is 4.12. The maximum absolute atomic E-state index is 9.15. The summed E-state index contributed by atoms with van der Waals surface area (Å²) in [5.74, 6) is 0. The number of thiazole rings is 1. The van der Waals surface area contributed by atoms with Crippen LogP contribution in [0, 0.1) is 0 Å². The van der Waals surface area contributed by atoms with Crippen LogP contribution in [-0.2, 0) is 4.74 Å². The second-order valence-electron chi connectivity index (χ2n) is 3.15. The number of aromatic nitrogens is 1. The van der Waals surface area contributed by atoms with E-state index in [2.05, 4.69) is 4.98 Å². The maximum atomic E-state index is 9.15. The lowest BCUT2D eigenvalue weighted by atomic mass is 10.2. The molecule has 2 rings (SSSR count). The number of ether oxygens (including phenoxy) is 1. The molecule has 0 aromatic carbocycles. The van der Waals surface area contributed by atoms with E-state index < -0.39 is 0 Å². The zero-order chi connectivity index (χ0) is 9.97. The zero-order valence-electron chi connectivity index (χ0n) is 7.72. The molecular formula is C8H13N3O2S. The van der Waals surface area contributed by atoms with Crippen molar-refractivity contribution in [3.8, 4) is 0 Å². The van der Waals surface area contributed by atoms with E-state index in [0.717, 1.165) is 11.7 Å². The molecule has 1 fully saturated rings. The van der Waals surface area contributed by atoms with Crippen LogP contribution in [0.5, 0.6) is 0 Å². The number of anilines is 2. The number of hydrogen-bond donors (Lipinski definition) is 2. The number of nitrogen functional groups attached to an aromatic ring is 1. The van der Waals surface area contributed by atoms with Gasteiger partial charge in [-0.2, -0.15) is 0 Å². The third kappa shape index (κ3) is 1.82. The van der Waals surface area contributed by atoms with Crippen LogP contribution in [0.25, 0.3) is 0 Å². The highest BCUT2D eigenvalue weighted by Gasteiger charge is 2.24. The minimum atomic E-state index is 0.00861. The Morgan fingerprint density at radius 2 is 2.64 bits per heavy atom. The van der Waals surface area contributed by atoms with Crippen LogP contribution in [0.1, 0.15) is 0 Å². The summed E-state index contributed by atoms with van der Waals surface area (Å²) < 4.78 is 5.28. The van der Waals surface area contributed by atoms with E-state index in [4.69, 9.17) is 15.6 Å². The fraction of sp³-hybridized carbons (Fsp3) is 0.625. The van der Waals surface area contributed by atoms with Gasteiger partial charge < -0.3 is 20.5 Å². The van der Waals surface area contributed by atoms with Gasteiger partial charge in [0.15, 0.2) is 5.13 Å². The maximum Gasteiger partial charge on any atom is 0.187 e. The van der Waals surface area contributed by atoms with Gasteiger partial charge in [0, 0.05) is 6.54 Å². The molecule has 3 N–H and O–H groups in total. The molecule has 1 atom stereocenters. The Bertz CT molecular complexity index is 305. The molecule has 1 saturated heterocycles. The van der Waals surface area contributed by atoms with Crippen molar-refractivity contribution in [2.45, 2.75) is 6.04 Å². The molecule has 1 aliphatic rings. The lowest BCUT2D eigenvalue weighted by Gasteiger charge is -2.34. The minimum Gasteiger partial charge on any atom is -0.394 e. The van der Waals surface area contributed by atoms with E-state index in [1.165, 1.54) is 11.3 Å². The molecule has 0 radical (unpaired) electrons. The summed E-state index contributed by atoms with van der Waals surface area (Å²) in [5, 5.41) is 10.7. The van der Waals surface area contributed by atoms with Gasteiger partial charge in [0.25, 0.3) is 0 Å². The number of nitrogens with two attached hydrogens (primary N) is 1. The van der Waals surface area contributed by atoms with Crippen LogP contribution >= 0.6 is 11.3 Å². The molecule has 0 bridgehead atoms. The van der Waals surface area contributed by atoms with Gasteiger partial charge in [0.1, 0.15) is 5.00 Å². The summed E-state index contributed by atoms with van der Waals surface area (Å²) in [6.45, 7) is 2.07. The number of aliphatic hydroxyl groups excluding tert-OH is 1. The van der Waals surface area contributed by atoms with Gasteiger partial charge in [-0.05, 0) is 0 Å². The Kier molecular flexibility index (Phi) is 2.85. The first-order chi connectivity index (χ1) is 6.81. The molecule has 0 saturated carbocycles. The number of rotatable bonds is 2. The van der Waals surface area contributed by atoms with E-state index in [1.54, 1.807) is 6.20 Å². The van der Waals surface area contributed by atoms with Gasteiger partial charge in [0.05, 0.1) is 32.1 Å². The van der Waals surface area contributed by atoms with Crippen molar-refractivity contribution in [2.24, 2.45) is 0 Å². The molecule has 2 heterocycles. The predicted octanol–water partition coefficient (Wildman–Crippen LogP) is -0.0772. The molecule has 0 spiro atoms. The van der Waals surface area contributed by atoms with Gasteiger partial charge in [-0.25, -0.2) is 4.98 Å². The van der Waals surface area contributed by atoms with Gasteiger partial charge in [0.2, 0.25) is 0 Å².